The first kappa shape index (κ1) is 21.9. The molecule has 0 aromatic heterocycles. The van der Waals surface area contributed by atoms with Crippen molar-refractivity contribution in [2.45, 2.75) is 43.2 Å². The Hall–Kier alpha value is -2.83. The van der Waals surface area contributed by atoms with Crippen molar-refractivity contribution in [2.24, 2.45) is 0 Å². The molecule has 0 aliphatic carbocycles. The number of nitrogens with zero attached hydrogens (tertiary/aromatic N) is 2. The van der Waals surface area contributed by atoms with Crippen molar-refractivity contribution < 1.29 is 22.0 Å². The molecule has 1 aliphatic rings. The van der Waals surface area contributed by atoms with Crippen LogP contribution < -0.4 is 5.32 Å². The highest BCUT2D eigenvalue weighted by molar-refractivity contribution is 7.89. The molecule has 2 aromatic carbocycles. The number of piperidine rings is 1. The van der Waals surface area contributed by atoms with Crippen molar-refractivity contribution in [3.63, 3.8) is 0 Å². The van der Waals surface area contributed by atoms with E-state index < -0.39 is 33.6 Å². The van der Waals surface area contributed by atoms with Gasteiger partial charge >= 0.3 is 0 Å². The monoisotopic (exact) mass is 433 g/mol. The first-order chi connectivity index (χ1) is 14.2. The third-order valence-corrected chi connectivity index (χ3v) is 7.17. The molecule has 3 rings (SSSR count). The number of hydrogen-bond acceptors (Lipinski definition) is 4. The summed E-state index contributed by atoms with van der Waals surface area (Å²) in [6, 6.07) is 8.43. The second-order valence-electron chi connectivity index (χ2n) is 7.19. The molecule has 0 spiro atoms. The molecule has 158 valence electrons. The minimum absolute atomic E-state index is 0.0780. The van der Waals surface area contributed by atoms with Gasteiger partial charge in [0.15, 0.2) is 0 Å². The molecule has 2 atom stereocenters. The fourth-order valence-electron chi connectivity index (χ4n) is 3.47. The van der Waals surface area contributed by atoms with Crippen molar-refractivity contribution in [1.29, 1.82) is 5.26 Å². The van der Waals surface area contributed by atoms with E-state index in [0.717, 1.165) is 31.4 Å². The Morgan fingerprint density at radius 1 is 1.20 bits per heavy atom. The molecule has 9 heteroatoms. The predicted octanol–water partition coefficient (Wildman–Crippen LogP) is 3.52. The molecule has 2 unspecified atom stereocenters. The van der Waals surface area contributed by atoms with Gasteiger partial charge in [-0.25, -0.2) is 17.2 Å². The minimum Gasteiger partial charge on any atom is -0.332 e. The summed E-state index contributed by atoms with van der Waals surface area (Å²) in [5.41, 5.74) is -0.0473. The average Bonchev–Trinajstić information content (AvgIpc) is 2.72. The summed E-state index contributed by atoms with van der Waals surface area (Å²) >= 11 is 0. The van der Waals surface area contributed by atoms with E-state index in [-0.39, 0.29) is 22.1 Å². The largest absolute Gasteiger partial charge is 0.332 e. The Morgan fingerprint density at radius 2 is 1.90 bits per heavy atom. The summed E-state index contributed by atoms with van der Waals surface area (Å²) in [6.45, 7) is 2.33. The van der Waals surface area contributed by atoms with Crippen LogP contribution in [0.25, 0.3) is 0 Å². The van der Waals surface area contributed by atoms with Crippen LogP contribution in [-0.4, -0.2) is 31.2 Å². The van der Waals surface area contributed by atoms with E-state index in [1.54, 1.807) is 6.07 Å². The van der Waals surface area contributed by atoms with Crippen LogP contribution in [0, 0.1) is 23.0 Å². The highest BCUT2D eigenvalue weighted by Gasteiger charge is 2.31. The zero-order valence-corrected chi connectivity index (χ0v) is 17.1. The highest BCUT2D eigenvalue weighted by atomic mass is 32.2. The first-order valence-corrected chi connectivity index (χ1v) is 11.0. The van der Waals surface area contributed by atoms with Crippen LogP contribution in [0.15, 0.2) is 47.4 Å². The molecule has 2 aromatic rings. The van der Waals surface area contributed by atoms with E-state index in [2.05, 4.69) is 5.32 Å². The zero-order chi connectivity index (χ0) is 21.9. The van der Waals surface area contributed by atoms with Crippen molar-refractivity contribution in [3.8, 4) is 6.07 Å². The Balaban J connectivity index is 1.77. The molecule has 0 bridgehead atoms. The van der Waals surface area contributed by atoms with Gasteiger partial charge in [0, 0.05) is 29.8 Å². The molecule has 30 heavy (non-hydrogen) atoms. The van der Waals surface area contributed by atoms with E-state index >= 15 is 0 Å². The lowest BCUT2D eigenvalue weighted by atomic mass is 10.1. The van der Waals surface area contributed by atoms with Gasteiger partial charge in [0.25, 0.3) is 5.91 Å². The van der Waals surface area contributed by atoms with Gasteiger partial charge in [0.2, 0.25) is 10.0 Å². The summed E-state index contributed by atoms with van der Waals surface area (Å²) in [5, 5.41) is 11.6. The molecule has 1 heterocycles. The molecule has 1 fully saturated rings. The summed E-state index contributed by atoms with van der Waals surface area (Å²) < 4.78 is 54.2. The van der Waals surface area contributed by atoms with E-state index in [1.165, 1.54) is 28.6 Å². The van der Waals surface area contributed by atoms with Gasteiger partial charge in [0.05, 0.1) is 11.0 Å². The second-order valence-corrected chi connectivity index (χ2v) is 9.08. The van der Waals surface area contributed by atoms with Gasteiger partial charge in [-0.15, -0.1) is 0 Å². The van der Waals surface area contributed by atoms with E-state index in [1.807, 2.05) is 6.92 Å². The summed E-state index contributed by atoms with van der Waals surface area (Å²) in [4.78, 5) is 12.5. The van der Waals surface area contributed by atoms with Crippen molar-refractivity contribution in [1.82, 2.24) is 9.62 Å². The molecule has 0 saturated carbocycles. The Morgan fingerprint density at radius 3 is 2.50 bits per heavy atom. The molecule has 1 saturated heterocycles. The maximum absolute atomic E-state index is 13.9. The lowest BCUT2D eigenvalue weighted by Gasteiger charge is -2.32. The van der Waals surface area contributed by atoms with Crippen molar-refractivity contribution >= 4 is 15.9 Å². The van der Waals surface area contributed by atoms with Crippen molar-refractivity contribution in [2.75, 3.05) is 6.54 Å². The Kier molecular flexibility index (Phi) is 6.48. The number of carbonyl (C=O) groups is 1. The van der Waals surface area contributed by atoms with Crippen LogP contribution in [0.4, 0.5) is 8.78 Å². The summed E-state index contributed by atoms with van der Waals surface area (Å²) in [6.07, 6.45) is 2.59. The molecule has 1 aliphatic heterocycles. The van der Waals surface area contributed by atoms with E-state index in [9.17, 15) is 27.3 Å². The quantitative estimate of drug-likeness (QED) is 0.781. The molecular weight excluding hydrogens is 412 g/mol. The first-order valence-electron chi connectivity index (χ1n) is 9.51. The number of nitrogens with one attached hydrogen (secondary N) is 1. The van der Waals surface area contributed by atoms with Crippen LogP contribution in [0.1, 0.15) is 48.1 Å². The normalized spacial score (nSPS) is 18.4. The van der Waals surface area contributed by atoms with Gasteiger partial charge < -0.3 is 5.32 Å². The standard InChI is InChI=1S/C21H21F2N3O3S/c1-14-4-2-3-11-26(14)30(28,29)17-8-5-15(6-9-17)21(27)25-20(13-24)18-10-7-16(22)12-19(18)23/h5-10,12,14,20H,2-4,11H2,1H3,(H,25,27). The Bertz CT molecular complexity index is 1080. The fourth-order valence-corrected chi connectivity index (χ4v) is 5.17. The zero-order valence-electron chi connectivity index (χ0n) is 16.3. The number of halogens is 2. The Labute approximate surface area is 174 Å². The number of hydrogen-bond donors (Lipinski definition) is 1. The van der Waals surface area contributed by atoms with Gasteiger partial charge in [-0.2, -0.15) is 9.57 Å². The summed E-state index contributed by atoms with van der Waals surface area (Å²) in [7, 11) is -3.67. The lowest BCUT2D eigenvalue weighted by molar-refractivity contribution is 0.0944. The van der Waals surface area contributed by atoms with E-state index in [0.29, 0.717) is 12.6 Å². The van der Waals surface area contributed by atoms with Gasteiger partial charge in [-0.05, 0) is 50.1 Å². The maximum atomic E-state index is 13.9. The number of nitriles is 1. The second kappa shape index (κ2) is 8.90. The maximum Gasteiger partial charge on any atom is 0.252 e. The summed E-state index contributed by atoms with van der Waals surface area (Å²) in [5.74, 6) is -2.42. The minimum atomic E-state index is -3.67. The molecular formula is C21H21F2N3O3S. The fraction of sp³-hybridized carbons (Fsp3) is 0.333. The average molecular weight is 433 g/mol. The third-order valence-electron chi connectivity index (χ3n) is 5.14. The number of carbonyl (C=O) groups excluding carboxylic acids is 1. The highest BCUT2D eigenvalue weighted by Crippen LogP contribution is 2.25. The van der Waals surface area contributed by atoms with Gasteiger partial charge in [0.1, 0.15) is 17.7 Å². The number of sulfonamides is 1. The van der Waals surface area contributed by atoms with Crippen LogP contribution in [0.5, 0.6) is 0 Å². The lowest BCUT2D eigenvalue weighted by Crippen LogP contribution is -2.41. The van der Waals surface area contributed by atoms with Crippen LogP contribution >= 0.6 is 0 Å². The number of amides is 1. The third kappa shape index (κ3) is 4.50. The topological polar surface area (TPSA) is 90.3 Å². The van der Waals surface area contributed by atoms with E-state index in [4.69, 9.17) is 0 Å². The number of benzene rings is 2. The number of rotatable bonds is 5. The SMILES string of the molecule is CC1CCCCN1S(=O)(=O)c1ccc(C(=O)NC(C#N)c2ccc(F)cc2F)cc1. The molecule has 0 radical (unpaired) electrons. The molecule has 1 amide bonds. The van der Waals surface area contributed by atoms with Gasteiger partial charge in [-0.1, -0.05) is 12.5 Å². The van der Waals surface area contributed by atoms with Crippen LogP contribution in [-0.2, 0) is 10.0 Å². The molecule has 6 nitrogen and oxygen atoms in total. The smallest absolute Gasteiger partial charge is 0.252 e. The van der Waals surface area contributed by atoms with Crippen LogP contribution in [0.2, 0.25) is 0 Å². The van der Waals surface area contributed by atoms with Crippen molar-refractivity contribution in [3.05, 3.63) is 65.2 Å². The van der Waals surface area contributed by atoms with Gasteiger partial charge in [-0.3, -0.25) is 4.79 Å². The molecule has 1 N–H and O–H groups in total. The van der Waals surface area contributed by atoms with Crippen LogP contribution in [0.3, 0.4) is 0 Å². The predicted molar refractivity (Wildman–Crippen MR) is 106 cm³/mol.